The van der Waals surface area contributed by atoms with Crippen LogP contribution in [-0.4, -0.2) is 213 Å². The van der Waals surface area contributed by atoms with Crippen molar-refractivity contribution in [3.8, 4) is 0 Å². The van der Waals surface area contributed by atoms with Gasteiger partial charge in [-0.1, -0.05) is 0 Å². The first kappa shape index (κ1) is 42.9. The molecule has 4 unspecified atom stereocenters. The van der Waals surface area contributed by atoms with E-state index in [1.165, 1.54) is 0 Å². The molecule has 0 aromatic rings. The summed E-state index contributed by atoms with van der Waals surface area (Å²) in [5.74, 6) is -4.08. The summed E-state index contributed by atoms with van der Waals surface area (Å²) in [5, 5.41) is 83.8. The molecule has 0 aromatic heterocycles. The zero-order valence-electron chi connectivity index (χ0n) is 23.5. The molecule has 18 nitrogen and oxygen atoms in total. The largest absolute Gasteiger partial charge is 3.00 e. The van der Waals surface area contributed by atoms with Gasteiger partial charge in [-0.2, -0.15) is 0 Å². The number of carboxylic acid groups (broad SMARTS) is 4. The molecule has 0 spiro atoms. The summed E-state index contributed by atoms with van der Waals surface area (Å²) in [6.45, 7) is 0.954. The van der Waals surface area contributed by atoms with E-state index >= 15 is 0 Å². The number of rotatable bonds is 14. The van der Waals surface area contributed by atoms with Gasteiger partial charge in [-0.05, 0) is 7.05 Å². The van der Waals surface area contributed by atoms with E-state index in [1.807, 2.05) is 0 Å². The Morgan fingerprint density at radius 1 is 0.571 bits per heavy atom. The van der Waals surface area contributed by atoms with Crippen molar-refractivity contribution < 1.29 is 105 Å². The van der Waals surface area contributed by atoms with E-state index in [0.29, 0.717) is 52.4 Å². The Morgan fingerprint density at radius 2 is 0.810 bits per heavy atom. The third-order valence-electron chi connectivity index (χ3n) is 6.10. The fourth-order valence-corrected chi connectivity index (χ4v) is 3.87. The Morgan fingerprint density at radius 3 is 1.00 bits per heavy atom. The third-order valence-corrected chi connectivity index (χ3v) is 6.10. The number of carbonyl (C=O) groups is 4. The number of likely N-dealkylation sites (N-methyl/N-ethyl adjacent to an activating group) is 1. The minimum absolute atomic E-state index is 0. The summed E-state index contributed by atoms with van der Waals surface area (Å²) in [6.07, 6.45) is -5.65. The molecule has 1 saturated heterocycles. The van der Waals surface area contributed by atoms with E-state index in [0.717, 1.165) is 0 Å². The van der Waals surface area contributed by atoms with Crippen LogP contribution in [0.15, 0.2) is 0 Å². The molecule has 19 heteroatoms. The standard InChI is InChI=1S/C16H28N4O8.C7H17NO5.Gd/c21-13(22)9-17-1-2-18(10-14(23)24)5-6-20(12-16(27)28)8-7-19(4-3-17)11-15(25)26;1-8-2-4(10)6(12)7(13)5(11)3-9;/h1-12H2,(H,21,22)(H,23,24)(H,25,26)(H,27,28);4-13H,2-3H2,1H3;/q;;+3. The topological polar surface area (TPSA) is 275 Å². The molecule has 1 rings (SSSR count). The molecule has 245 valence electrons. The molecule has 0 bridgehead atoms. The zero-order chi connectivity index (χ0) is 31.5. The van der Waals surface area contributed by atoms with Crippen molar-refractivity contribution in [3.05, 3.63) is 0 Å². The second kappa shape index (κ2) is 24.2. The molecule has 0 aliphatic carbocycles. The maximum atomic E-state index is 11.1. The smallest absolute Gasteiger partial charge is 0.480 e. The molecular formula is C23H45GdN5O13+3. The summed E-state index contributed by atoms with van der Waals surface area (Å²) in [5.41, 5.74) is 0. The van der Waals surface area contributed by atoms with Crippen molar-refractivity contribution in [2.24, 2.45) is 0 Å². The first-order chi connectivity index (χ1) is 19.2. The van der Waals surface area contributed by atoms with Gasteiger partial charge in [0.15, 0.2) is 0 Å². The summed E-state index contributed by atoms with van der Waals surface area (Å²) in [4.78, 5) is 50.9. The second-order valence-corrected chi connectivity index (χ2v) is 9.54. The van der Waals surface area contributed by atoms with Crippen molar-refractivity contribution in [1.82, 2.24) is 24.9 Å². The first-order valence-corrected chi connectivity index (χ1v) is 12.9. The maximum absolute atomic E-state index is 11.1. The van der Waals surface area contributed by atoms with Crippen molar-refractivity contribution >= 4 is 23.9 Å². The van der Waals surface area contributed by atoms with Crippen molar-refractivity contribution in [2.75, 3.05) is 98.7 Å². The fourth-order valence-electron chi connectivity index (χ4n) is 3.87. The van der Waals surface area contributed by atoms with Gasteiger partial charge >= 0.3 is 63.8 Å². The molecule has 1 radical (unpaired) electrons. The second-order valence-electron chi connectivity index (χ2n) is 9.54. The van der Waals surface area contributed by atoms with E-state index in [-0.39, 0.29) is 72.7 Å². The van der Waals surface area contributed by atoms with Gasteiger partial charge in [0.25, 0.3) is 0 Å². The van der Waals surface area contributed by atoms with Crippen molar-refractivity contribution in [3.63, 3.8) is 0 Å². The molecule has 42 heavy (non-hydrogen) atoms. The minimum atomic E-state index is -1.55. The van der Waals surface area contributed by atoms with Crippen LogP contribution in [-0.2, 0) is 19.2 Å². The number of carboxylic acids is 4. The minimum Gasteiger partial charge on any atom is -0.480 e. The number of aliphatic hydroxyl groups is 5. The normalized spacial score (nSPS) is 19.4. The summed E-state index contributed by atoms with van der Waals surface area (Å²) < 4.78 is 0. The van der Waals surface area contributed by atoms with Gasteiger partial charge in [0, 0.05) is 58.9 Å². The molecule has 1 fully saturated rings. The van der Waals surface area contributed by atoms with E-state index in [2.05, 4.69) is 5.32 Å². The number of aliphatic hydroxyl groups excluding tert-OH is 5. The predicted molar refractivity (Wildman–Crippen MR) is 141 cm³/mol. The van der Waals surface area contributed by atoms with Crippen LogP contribution < -0.4 is 5.32 Å². The van der Waals surface area contributed by atoms with Gasteiger partial charge in [0.05, 0.1) is 38.9 Å². The third kappa shape index (κ3) is 20.7. The maximum Gasteiger partial charge on any atom is 3.00 e. The van der Waals surface area contributed by atoms with E-state index < -0.39 is 54.9 Å². The number of aliphatic carboxylic acids is 4. The van der Waals surface area contributed by atoms with Crippen LogP contribution in [0.3, 0.4) is 0 Å². The molecule has 1 heterocycles. The Balaban J connectivity index is 0. The van der Waals surface area contributed by atoms with Crippen LogP contribution in [0.2, 0.25) is 0 Å². The van der Waals surface area contributed by atoms with Crippen LogP contribution in [0.4, 0.5) is 0 Å². The number of nitrogens with one attached hydrogen (secondary N) is 1. The molecule has 4 atom stereocenters. The van der Waals surface area contributed by atoms with Crippen LogP contribution in [0.5, 0.6) is 0 Å². The average molecular weight is 757 g/mol. The average Bonchev–Trinajstić information content (AvgIpc) is 2.88. The molecular weight excluding hydrogens is 712 g/mol. The first-order valence-electron chi connectivity index (χ1n) is 12.9. The number of hydrogen-bond donors (Lipinski definition) is 10. The molecule has 0 saturated carbocycles. The monoisotopic (exact) mass is 757 g/mol. The van der Waals surface area contributed by atoms with Gasteiger partial charge in [0.2, 0.25) is 0 Å². The quantitative estimate of drug-likeness (QED) is 0.0791. The zero-order valence-corrected chi connectivity index (χ0v) is 25.8. The molecule has 0 aromatic carbocycles. The Hall–Kier alpha value is -1.20. The summed E-state index contributed by atoms with van der Waals surface area (Å²) >= 11 is 0. The summed E-state index contributed by atoms with van der Waals surface area (Å²) in [6, 6.07) is 0. The van der Waals surface area contributed by atoms with Gasteiger partial charge in [-0.25, -0.2) is 0 Å². The molecule has 0 amide bonds. The predicted octanol–water partition coefficient (Wildman–Crippen LogP) is -5.81. The van der Waals surface area contributed by atoms with Crippen molar-refractivity contribution in [2.45, 2.75) is 24.4 Å². The van der Waals surface area contributed by atoms with Crippen molar-refractivity contribution in [1.29, 1.82) is 0 Å². The Bertz CT molecular complexity index is 688. The van der Waals surface area contributed by atoms with E-state index in [4.69, 9.17) is 40.9 Å². The fraction of sp³-hybridized carbons (Fsp3) is 0.826. The van der Waals surface area contributed by atoms with E-state index in [1.54, 1.807) is 26.6 Å². The SMILES string of the molecule is CNCC(O)C(O)C(O)C(O)CO.O=C(O)CN1CCN(CC(=O)O)CCN(CC(=O)O)CCN(CC(=O)O)CC1.[Gd+3]. The van der Waals surface area contributed by atoms with Gasteiger partial charge in [-0.3, -0.25) is 38.8 Å². The van der Waals surface area contributed by atoms with Gasteiger partial charge in [0.1, 0.15) is 18.3 Å². The Labute approximate surface area is 275 Å². The van der Waals surface area contributed by atoms with Gasteiger partial charge in [-0.15, -0.1) is 0 Å². The molecule has 1 aliphatic heterocycles. The molecule has 10 N–H and O–H groups in total. The number of nitrogens with zero attached hydrogens (tertiary/aromatic N) is 4. The van der Waals surface area contributed by atoms with Gasteiger partial charge < -0.3 is 51.3 Å². The summed E-state index contributed by atoms with van der Waals surface area (Å²) in [7, 11) is 1.57. The van der Waals surface area contributed by atoms with Crippen LogP contribution in [0, 0.1) is 39.9 Å². The van der Waals surface area contributed by atoms with Crippen LogP contribution >= 0.6 is 0 Å². The Kier molecular flexibility index (Phi) is 24.7. The number of hydrogen-bond acceptors (Lipinski definition) is 14. The van der Waals surface area contributed by atoms with E-state index in [9.17, 15) is 24.3 Å². The van der Waals surface area contributed by atoms with Crippen LogP contribution in [0.25, 0.3) is 0 Å². The van der Waals surface area contributed by atoms with Crippen LogP contribution in [0.1, 0.15) is 0 Å². The molecule has 1 aliphatic rings.